The number of benzene rings is 3. The number of fused-ring (bicyclic) bond motifs is 1. The molecule has 3 aromatic rings. The minimum Gasteiger partial charge on any atom is -0.324 e. The molecule has 3 aromatic carbocycles. The van der Waals surface area contributed by atoms with E-state index in [9.17, 15) is 14.0 Å². The van der Waals surface area contributed by atoms with Crippen molar-refractivity contribution in [1.82, 2.24) is 4.90 Å². The molecule has 0 saturated heterocycles. The molecule has 0 spiro atoms. The molecule has 4 rings (SSSR count). The number of nitrogens with zero attached hydrogens (tertiary/aromatic N) is 1. The highest BCUT2D eigenvalue weighted by Gasteiger charge is 2.36. The van der Waals surface area contributed by atoms with Crippen molar-refractivity contribution in [1.29, 1.82) is 0 Å². The summed E-state index contributed by atoms with van der Waals surface area (Å²) in [4.78, 5) is 28.2. The topological polar surface area (TPSA) is 49.4 Å². The van der Waals surface area contributed by atoms with Crippen molar-refractivity contribution in [2.45, 2.75) is 25.3 Å². The van der Waals surface area contributed by atoms with E-state index >= 15 is 0 Å². The van der Waals surface area contributed by atoms with Crippen LogP contribution in [0, 0.1) is 5.82 Å². The molecule has 6 heteroatoms. The summed E-state index contributed by atoms with van der Waals surface area (Å²) >= 11 is 3.50. The molecule has 1 aliphatic rings. The summed E-state index contributed by atoms with van der Waals surface area (Å²) in [6.07, 6.45) is 0.600. The van der Waals surface area contributed by atoms with Gasteiger partial charge >= 0.3 is 0 Å². The van der Waals surface area contributed by atoms with Gasteiger partial charge in [-0.3, -0.25) is 9.59 Å². The van der Waals surface area contributed by atoms with Gasteiger partial charge in [0.1, 0.15) is 12.4 Å². The molecule has 0 unspecified atom stereocenters. The van der Waals surface area contributed by atoms with Gasteiger partial charge in [-0.15, -0.1) is 0 Å². The summed E-state index contributed by atoms with van der Waals surface area (Å²) in [5.74, 6) is -1.13. The van der Waals surface area contributed by atoms with Crippen LogP contribution in [0.4, 0.5) is 10.1 Å². The van der Waals surface area contributed by atoms with Crippen LogP contribution >= 0.6 is 15.9 Å². The first-order valence-electron chi connectivity index (χ1n) is 10.2. The molecule has 2 amide bonds. The van der Waals surface area contributed by atoms with Crippen LogP contribution in [0.3, 0.4) is 0 Å². The summed E-state index contributed by atoms with van der Waals surface area (Å²) in [5, 5.41) is 2.91. The van der Waals surface area contributed by atoms with Crippen LogP contribution in [0.15, 0.2) is 77.3 Å². The number of hydrogen-bond donors (Lipinski definition) is 1. The lowest BCUT2D eigenvalue weighted by Gasteiger charge is -2.33. The molecule has 2 atom stereocenters. The second-order valence-corrected chi connectivity index (χ2v) is 8.49. The predicted octanol–water partition coefficient (Wildman–Crippen LogP) is 5.65. The van der Waals surface area contributed by atoms with Crippen LogP contribution in [0.1, 0.15) is 42.0 Å². The van der Waals surface area contributed by atoms with Crippen LogP contribution in [0.25, 0.3) is 0 Å². The van der Waals surface area contributed by atoms with Gasteiger partial charge in [-0.2, -0.15) is 0 Å². The zero-order chi connectivity index (χ0) is 22.0. The van der Waals surface area contributed by atoms with Crippen LogP contribution in [0.2, 0.25) is 0 Å². The van der Waals surface area contributed by atoms with Gasteiger partial charge in [0.05, 0.1) is 12.0 Å². The first kappa shape index (κ1) is 21.2. The fourth-order valence-electron chi connectivity index (χ4n) is 4.13. The van der Waals surface area contributed by atoms with Gasteiger partial charge < -0.3 is 10.2 Å². The van der Waals surface area contributed by atoms with Crippen molar-refractivity contribution in [3.63, 3.8) is 0 Å². The van der Waals surface area contributed by atoms with Gasteiger partial charge in [0.2, 0.25) is 11.8 Å². The quantitative estimate of drug-likeness (QED) is 0.524. The number of carbonyl (C=O) groups is 2. The molecular formula is C25H22BrFN2O2. The smallest absolute Gasteiger partial charge is 0.244 e. The number of hydrogen-bond acceptors (Lipinski definition) is 2. The summed E-state index contributed by atoms with van der Waals surface area (Å²) in [6, 6.07) is 20.7. The first-order valence-corrected chi connectivity index (χ1v) is 11.0. The fraction of sp³-hybridized carbons (Fsp3) is 0.200. The molecular weight excluding hydrogens is 459 g/mol. The Morgan fingerprint density at radius 3 is 2.52 bits per heavy atom. The molecule has 1 heterocycles. The Labute approximate surface area is 189 Å². The Morgan fingerprint density at radius 2 is 1.84 bits per heavy atom. The molecule has 158 valence electrons. The van der Waals surface area contributed by atoms with E-state index in [0.29, 0.717) is 12.1 Å². The van der Waals surface area contributed by atoms with Crippen molar-refractivity contribution in [2.75, 3.05) is 11.9 Å². The molecule has 1 aliphatic heterocycles. The van der Waals surface area contributed by atoms with E-state index in [1.807, 2.05) is 55.5 Å². The minimum absolute atomic E-state index is 0.0868. The molecule has 0 aliphatic carbocycles. The molecule has 0 fully saturated rings. The summed E-state index contributed by atoms with van der Waals surface area (Å²) in [7, 11) is 0. The molecule has 0 bridgehead atoms. The first-order chi connectivity index (χ1) is 15.0. The molecule has 31 heavy (non-hydrogen) atoms. The molecule has 0 radical (unpaired) electrons. The Morgan fingerprint density at radius 1 is 1.13 bits per heavy atom. The average molecular weight is 481 g/mol. The number of carbonyl (C=O) groups excluding carboxylic acids is 2. The standard InChI is InChI=1S/C25H22BrFN2O2/c1-2-20(16-6-4-3-5-7-16)25(31)29-15-23(30)28-22-13-10-18(26)14-21(22)24(29)17-8-11-19(27)12-9-17/h3-14,20,24H,2,15H2,1H3,(H,28,30)/t20-,24+/m1/s1. The van der Waals surface area contributed by atoms with E-state index in [-0.39, 0.29) is 30.1 Å². The van der Waals surface area contributed by atoms with E-state index in [1.54, 1.807) is 17.0 Å². The van der Waals surface area contributed by atoms with Crippen molar-refractivity contribution >= 4 is 33.4 Å². The second kappa shape index (κ2) is 9.02. The molecule has 0 saturated carbocycles. The number of amides is 2. The lowest BCUT2D eigenvalue weighted by Crippen LogP contribution is -2.41. The molecule has 0 aromatic heterocycles. The van der Waals surface area contributed by atoms with Gasteiger partial charge in [0, 0.05) is 15.7 Å². The Hall–Kier alpha value is -2.99. The van der Waals surface area contributed by atoms with E-state index < -0.39 is 6.04 Å². The van der Waals surface area contributed by atoms with Gasteiger partial charge in [0.15, 0.2) is 0 Å². The Kier molecular flexibility index (Phi) is 6.18. The van der Waals surface area contributed by atoms with Crippen LogP contribution < -0.4 is 5.32 Å². The molecule has 4 nitrogen and oxygen atoms in total. The van der Waals surface area contributed by atoms with E-state index in [1.165, 1.54) is 12.1 Å². The fourth-order valence-corrected chi connectivity index (χ4v) is 4.50. The second-order valence-electron chi connectivity index (χ2n) is 7.57. The highest BCUT2D eigenvalue weighted by atomic mass is 79.9. The van der Waals surface area contributed by atoms with Gasteiger partial charge in [-0.1, -0.05) is 65.3 Å². The zero-order valence-corrected chi connectivity index (χ0v) is 18.6. The number of anilines is 1. The normalized spacial score (nSPS) is 16.8. The number of halogens is 2. The van der Waals surface area contributed by atoms with Gasteiger partial charge in [-0.05, 0) is 47.9 Å². The van der Waals surface area contributed by atoms with Crippen molar-refractivity contribution in [3.8, 4) is 0 Å². The maximum Gasteiger partial charge on any atom is 0.244 e. The van der Waals surface area contributed by atoms with E-state index in [2.05, 4.69) is 21.2 Å². The van der Waals surface area contributed by atoms with Gasteiger partial charge in [-0.25, -0.2) is 4.39 Å². The van der Waals surface area contributed by atoms with Crippen LogP contribution in [-0.2, 0) is 9.59 Å². The SMILES string of the molecule is CC[C@@H](C(=O)N1CC(=O)Nc2ccc(Br)cc2[C@@H]1c1ccc(F)cc1)c1ccccc1. The predicted molar refractivity (Wildman–Crippen MR) is 122 cm³/mol. The number of rotatable bonds is 4. The van der Waals surface area contributed by atoms with Gasteiger partial charge in [0.25, 0.3) is 0 Å². The maximum atomic E-state index is 13.8. The monoisotopic (exact) mass is 480 g/mol. The highest BCUT2D eigenvalue weighted by Crippen LogP contribution is 2.39. The summed E-state index contributed by atoms with van der Waals surface area (Å²) < 4.78 is 14.5. The maximum absolute atomic E-state index is 13.8. The van der Waals surface area contributed by atoms with Crippen molar-refractivity contribution in [2.24, 2.45) is 0 Å². The largest absolute Gasteiger partial charge is 0.324 e. The number of nitrogens with one attached hydrogen (secondary N) is 1. The lowest BCUT2D eigenvalue weighted by molar-refractivity contribution is -0.137. The lowest BCUT2D eigenvalue weighted by atomic mass is 9.91. The third-order valence-corrected chi connectivity index (χ3v) is 6.08. The van der Waals surface area contributed by atoms with Crippen molar-refractivity contribution < 1.29 is 14.0 Å². The highest BCUT2D eigenvalue weighted by molar-refractivity contribution is 9.10. The summed E-state index contributed by atoms with van der Waals surface area (Å²) in [6.45, 7) is 1.88. The molecule has 1 N–H and O–H groups in total. The summed E-state index contributed by atoms with van der Waals surface area (Å²) in [5.41, 5.74) is 3.08. The van der Waals surface area contributed by atoms with E-state index in [4.69, 9.17) is 0 Å². The Bertz CT molecular complexity index is 1100. The zero-order valence-electron chi connectivity index (χ0n) is 17.0. The average Bonchev–Trinajstić information content (AvgIpc) is 2.91. The third-order valence-electron chi connectivity index (χ3n) is 5.59. The van der Waals surface area contributed by atoms with Crippen LogP contribution in [-0.4, -0.2) is 23.3 Å². The third kappa shape index (κ3) is 4.39. The van der Waals surface area contributed by atoms with E-state index in [0.717, 1.165) is 21.2 Å². The van der Waals surface area contributed by atoms with Crippen molar-refractivity contribution in [3.05, 3.63) is 99.8 Å². The minimum atomic E-state index is -0.530. The van der Waals surface area contributed by atoms with Crippen LogP contribution in [0.5, 0.6) is 0 Å². The Balaban J connectivity index is 1.86.